The Kier molecular flexibility index (Phi) is 6.53. The van der Waals surface area contributed by atoms with Crippen LogP contribution in [0.4, 0.5) is 15.7 Å². The van der Waals surface area contributed by atoms with Crippen molar-refractivity contribution in [2.24, 2.45) is 5.73 Å². The van der Waals surface area contributed by atoms with Crippen LogP contribution in [-0.4, -0.2) is 50.4 Å². The van der Waals surface area contributed by atoms with E-state index >= 15 is 0 Å². The van der Waals surface area contributed by atoms with E-state index in [0.717, 1.165) is 11.3 Å². The molecule has 0 atom stereocenters. The number of amides is 2. The lowest BCUT2D eigenvalue weighted by atomic mass is 10.4. The molecule has 0 spiro atoms. The number of primary amides is 1. The van der Waals surface area contributed by atoms with Crippen LogP contribution in [-0.2, 0) is 9.47 Å². The zero-order valence-electron chi connectivity index (χ0n) is 11.0. The summed E-state index contributed by atoms with van der Waals surface area (Å²) in [7, 11) is 1.59. The fourth-order valence-corrected chi connectivity index (χ4v) is 2.05. The zero-order chi connectivity index (χ0) is 15.0. The number of nitrogens with zero attached hydrogens (tertiary/aromatic N) is 1. The van der Waals surface area contributed by atoms with Crippen molar-refractivity contribution in [3.63, 3.8) is 0 Å². The van der Waals surface area contributed by atoms with Gasteiger partial charge in [-0.1, -0.05) is 11.3 Å². The number of aromatic nitrogens is 1. The number of hydrogen-bond donors (Lipinski definition) is 4. The number of rotatable bonds is 8. The smallest absolute Gasteiger partial charge is 0.404 e. The van der Waals surface area contributed by atoms with Crippen molar-refractivity contribution in [3.8, 4) is 0 Å². The summed E-state index contributed by atoms with van der Waals surface area (Å²) in [6, 6.07) is 0. The van der Waals surface area contributed by atoms with Crippen molar-refractivity contribution < 1.29 is 19.1 Å². The molecule has 0 saturated carbocycles. The molecule has 0 bridgehead atoms. The van der Waals surface area contributed by atoms with Crippen LogP contribution in [0.3, 0.4) is 0 Å². The van der Waals surface area contributed by atoms with Crippen LogP contribution in [0.1, 0.15) is 9.67 Å². The number of carbonyl (C=O) groups is 2. The molecule has 1 aromatic rings. The van der Waals surface area contributed by atoms with Crippen molar-refractivity contribution in [1.29, 1.82) is 0 Å². The summed E-state index contributed by atoms with van der Waals surface area (Å²) in [6.07, 6.45) is -0.888. The van der Waals surface area contributed by atoms with Gasteiger partial charge in [0, 0.05) is 13.7 Å². The lowest BCUT2D eigenvalue weighted by molar-refractivity contribution is 0.0941. The molecule has 2 amide bonds. The van der Waals surface area contributed by atoms with Crippen LogP contribution in [0, 0.1) is 0 Å². The van der Waals surface area contributed by atoms with Crippen molar-refractivity contribution in [1.82, 2.24) is 10.3 Å². The Bertz CT molecular complexity index is 465. The maximum Gasteiger partial charge on any atom is 0.404 e. The molecule has 10 heteroatoms. The number of nitrogens with one attached hydrogen (secondary N) is 2. The highest BCUT2D eigenvalue weighted by Gasteiger charge is 2.15. The Hall–Kier alpha value is -2.07. The third-order valence-electron chi connectivity index (χ3n) is 2.07. The van der Waals surface area contributed by atoms with E-state index in [1.807, 2.05) is 0 Å². The van der Waals surface area contributed by atoms with Crippen LogP contribution in [0.15, 0.2) is 0 Å². The molecule has 20 heavy (non-hydrogen) atoms. The molecular formula is C10H17N5O4S. The predicted octanol–water partition coefficient (Wildman–Crippen LogP) is -0.391. The quantitative estimate of drug-likeness (QED) is 0.479. The van der Waals surface area contributed by atoms with Gasteiger partial charge in [0.05, 0.1) is 13.2 Å². The Balaban J connectivity index is 2.44. The standard InChI is InChI=1S/C10H17N5O4S/c1-18-4-2-14-10-15-7(11)6(20-10)8(16)13-3-5-19-9(12)17/h2-5,11H2,1H3,(H2,12,17)(H,13,16)(H,14,15). The molecule has 0 aliphatic carbocycles. The van der Waals surface area contributed by atoms with Gasteiger partial charge in [-0.2, -0.15) is 0 Å². The third-order valence-corrected chi connectivity index (χ3v) is 3.10. The van der Waals surface area contributed by atoms with Gasteiger partial charge in [0.25, 0.3) is 5.91 Å². The fourth-order valence-electron chi connectivity index (χ4n) is 1.23. The van der Waals surface area contributed by atoms with E-state index in [4.69, 9.17) is 16.2 Å². The summed E-state index contributed by atoms with van der Waals surface area (Å²) < 4.78 is 9.37. The topological polar surface area (TPSA) is 142 Å². The van der Waals surface area contributed by atoms with Crippen LogP contribution in [0.25, 0.3) is 0 Å². The molecule has 1 aromatic heterocycles. The number of hydrogen-bond acceptors (Lipinski definition) is 8. The highest BCUT2D eigenvalue weighted by molar-refractivity contribution is 7.18. The van der Waals surface area contributed by atoms with Gasteiger partial charge in [0.1, 0.15) is 17.3 Å². The van der Waals surface area contributed by atoms with Gasteiger partial charge in [-0.3, -0.25) is 4.79 Å². The number of anilines is 2. The third kappa shape index (κ3) is 5.28. The van der Waals surface area contributed by atoms with Gasteiger partial charge in [0.2, 0.25) is 0 Å². The predicted molar refractivity (Wildman–Crippen MR) is 74.8 cm³/mol. The Labute approximate surface area is 119 Å². The number of ether oxygens (including phenoxy) is 2. The lowest BCUT2D eigenvalue weighted by Gasteiger charge is -2.03. The largest absolute Gasteiger partial charge is 0.448 e. The molecule has 0 aromatic carbocycles. The second-order valence-electron chi connectivity index (χ2n) is 3.58. The molecule has 9 nitrogen and oxygen atoms in total. The molecular weight excluding hydrogens is 286 g/mol. The summed E-state index contributed by atoms with van der Waals surface area (Å²) in [5.41, 5.74) is 10.4. The van der Waals surface area contributed by atoms with Crippen LogP contribution < -0.4 is 22.1 Å². The molecule has 0 aliphatic rings. The SMILES string of the molecule is COCCNc1nc(N)c(C(=O)NCCOC(N)=O)s1. The minimum Gasteiger partial charge on any atom is -0.448 e. The van der Waals surface area contributed by atoms with Crippen molar-refractivity contribution in [3.05, 3.63) is 4.88 Å². The summed E-state index contributed by atoms with van der Waals surface area (Å²) in [5, 5.41) is 6.06. The van der Waals surface area contributed by atoms with Crippen molar-refractivity contribution in [2.45, 2.75) is 0 Å². The summed E-state index contributed by atoms with van der Waals surface area (Å²) in [4.78, 5) is 26.5. The molecule has 0 saturated heterocycles. The van der Waals surface area contributed by atoms with Gasteiger partial charge < -0.3 is 31.6 Å². The number of carbonyl (C=O) groups excluding carboxylic acids is 2. The molecule has 1 heterocycles. The highest BCUT2D eigenvalue weighted by Crippen LogP contribution is 2.24. The van der Waals surface area contributed by atoms with Crippen molar-refractivity contribution in [2.75, 3.05) is 44.5 Å². The van der Waals surface area contributed by atoms with Crippen LogP contribution >= 0.6 is 11.3 Å². The Morgan fingerprint density at radius 2 is 2.10 bits per heavy atom. The van der Waals surface area contributed by atoms with E-state index in [-0.39, 0.29) is 24.9 Å². The Morgan fingerprint density at radius 3 is 2.75 bits per heavy atom. The fraction of sp³-hybridized carbons (Fsp3) is 0.500. The lowest BCUT2D eigenvalue weighted by Crippen LogP contribution is -2.28. The monoisotopic (exact) mass is 303 g/mol. The highest BCUT2D eigenvalue weighted by atomic mass is 32.1. The Morgan fingerprint density at radius 1 is 1.35 bits per heavy atom. The number of nitrogens with two attached hydrogens (primary N) is 2. The number of methoxy groups -OCH3 is 1. The molecule has 0 unspecified atom stereocenters. The molecule has 0 fully saturated rings. The van der Waals surface area contributed by atoms with Gasteiger partial charge in [-0.05, 0) is 0 Å². The van der Waals surface area contributed by atoms with Crippen LogP contribution in [0.5, 0.6) is 0 Å². The maximum atomic E-state index is 11.8. The van der Waals surface area contributed by atoms with Gasteiger partial charge in [-0.25, -0.2) is 9.78 Å². The average Bonchev–Trinajstić information content (AvgIpc) is 2.76. The molecule has 6 N–H and O–H groups in total. The molecule has 0 aliphatic heterocycles. The molecule has 0 radical (unpaired) electrons. The molecule has 112 valence electrons. The van der Waals surface area contributed by atoms with E-state index in [0.29, 0.717) is 23.2 Å². The molecule has 1 rings (SSSR count). The van der Waals surface area contributed by atoms with E-state index in [9.17, 15) is 9.59 Å². The first-order valence-electron chi connectivity index (χ1n) is 5.74. The minimum absolute atomic E-state index is 0.00126. The minimum atomic E-state index is -0.888. The second kappa shape index (κ2) is 8.17. The number of thiazole rings is 1. The van der Waals surface area contributed by atoms with E-state index in [2.05, 4.69) is 20.4 Å². The second-order valence-corrected chi connectivity index (χ2v) is 4.58. The normalized spacial score (nSPS) is 10.1. The average molecular weight is 303 g/mol. The summed E-state index contributed by atoms with van der Waals surface area (Å²) >= 11 is 1.14. The van der Waals surface area contributed by atoms with Crippen molar-refractivity contribution >= 4 is 34.3 Å². The van der Waals surface area contributed by atoms with E-state index in [1.165, 1.54) is 0 Å². The van der Waals surface area contributed by atoms with E-state index in [1.54, 1.807) is 7.11 Å². The van der Waals surface area contributed by atoms with Crippen LogP contribution in [0.2, 0.25) is 0 Å². The first-order chi connectivity index (χ1) is 9.54. The van der Waals surface area contributed by atoms with Gasteiger partial charge >= 0.3 is 6.09 Å². The summed E-state index contributed by atoms with van der Waals surface area (Å²) in [5.74, 6) is -0.240. The number of nitrogen functional groups attached to an aromatic ring is 1. The maximum absolute atomic E-state index is 11.8. The zero-order valence-corrected chi connectivity index (χ0v) is 11.8. The first-order valence-corrected chi connectivity index (χ1v) is 6.55. The van der Waals surface area contributed by atoms with Gasteiger partial charge in [0.15, 0.2) is 5.13 Å². The van der Waals surface area contributed by atoms with E-state index < -0.39 is 6.09 Å². The first kappa shape index (κ1) is 16.0. The van der Waals surface area contributed by atoms with Gasteiger partial charge in [-0.15, -0.1) is 0 Å². The summed E-state index contributed by atoms with van der Waals surface area (Å²) in [6.45, 7) is 1.23.